The van der Waals surface area contributed by atoms with Crippen LogP contribution in [0.2, 0.25) is 0 Å². The summed E-state index contributed by atoms with van der Waals surface area (Å²) in [5.74, 6) is 0.457. The predicted octanol–water partition coefficient (Wildman–Crippen LogP) is 3.29. The fourth-order valence-corrected chi connectivity index (χ4v) is 3.19. The highest BCUT2D eigenvalue weighted by atomic mass is 19.1. The number of guanidine groups is 1. The van der Waals surface area contributed by atoms with Crippen LogP contribution in [0.15, 0.2) is 53.5 Å². The lowest BCUT2D eigenvalue weighted by atomic mass is 10.1. The summed E-state index contributed by atoms with van der Waals surface area (Å²) in [4.78, 5) is 6.70. The van der Waals surface area contributed by atoms with Crippen LogP contribution in [0.5, 0.6) is 0 Å². The van der Waals surface area contributed by atoms with Crippen LogP contribution in [-0.2, 0) is 19.6 Å². The number of aliphatic imine (C=N–C) groups is 1. The molecule has 0 atom stereocenters. The van der Waals surface area contributed by atoms with Gasteiger partial charge in [0.2, 0.25) is 0 Å². The number of nitrogens with zero attached hydrogens (tertiary/aromatic N) is 2. The molecule has 3 rings (SSSR count). The molecule has 26 heavy (non-hydrogen) atoms. The lowest BCUT2D eigenvalue weighted by Gasteiger charge is -2.15. The van der Waals surface area contributed by atoms with Gasteiger partial charge in [-0.25, -0.2) is 4.39 Å². The molecule has 0 saturated carbocycles. The Kier molecular flexibility index (Phi) is 6.61. The second kappa shape index (κ2) is 9.34. The Bertz CT molecular complexity index is 721. The molecular formula is C21H27FN4. The van der Waals surface area contributed by atoms with E-state index in [1.807, 2.05) is 6.07 Å². The van der Waals surface area contributed by atoms with Crippen molar-refractivity contribution in [1.29, 1.82) is 0 Å². The highest BCUT2D eigenvalue weighted by Crippen LogP contribution is 2.13. The Morgan fingerprint density at radius 3 is 2.31 bits per heavy atom. The van der Waals surface area contributed by atoms with Gasteiger partial charge in [-0.15, -0.1) is 0 Å². The van der Waals surface area contributed by atoms with Crippen LogP contribution < -0.4 is 10.6 Å². The zero-order valence-corrected chi connectivity index (χ0v) is 15.3. The van der Waals surface area contributed by atoms with E-state index in [4.69, 9.17) is 0 Å². The minimum Gasteiger partial charge on any atom is -0.352 e. The fourth-order valence-electron chi connectivity index (χ4n) is 3.19. The smallest absolute Gasteiger partial charge is 0.191 e. The average molecular weight is 354 g/mol. The molecule has 5 heteroatoms. The van der Waals surface area contributed by atoms with Crippen molar-refractivity contribution in [2.24, 2.45) is 4.99 Å². The number of benzene rings is 2. The number of likely N-dealkylation sites (tertiary alicyclic amines) is 1. The Balaban J connectivity index is 1.46. The molecule has 1 fully saturated rings. The van der Waals surface area contributed by atoms with Gasteiger partial charge in [-0.3, -0.25) is 9.89 Å². The van der Waals surface area contributed by atoms with Crippen molar-refractivity contribution in [2.75, 3.05) is 20.1 Å². The molecule has 1 saturated heterocycles. The summed E-state index contributed by atoms with van der Waals surface area (Å²) in [6.45, 7) is 4.56. The first-order chi connectivity index (χ1) is 12.7. The fraction of sp³-hybridized carbons (Fsp3) is 0.381. The lowest BCUT2D eigenvalue weighted by molar-refractivity contribution is 0.331. The van der Waals surface area contributed by atoms with E-state index < -0.39 is 0 Å². The molecule has 1 aliphatic rings. The van der Waals surface area contributed by atoms with Crippen LogP contribution in [0.3, 0.4) is 0 Å². The van der Waals surface area contributed by atoms with E-state index in [-0.39, 0.29) is 5.82 Å². The van der Waals surface area contributed by atoms with Crippen LogP contribution >= 0.6 is 0 Å². The first-order valence-electron chi connectivity index (χ1n) is 9.22. The first kappa shape index (κ1) is 18.4. The van der Waals surface area contributed by atoms with Gasteiger partial charge in [0.05, 0.1) is 0 Å². The molecule has 1 heterocycles. The van der Waals surface area contributed by atoms with Gasteiger partial charge in [-0.2, -0.15) is 0 Å². The SMILES string of the molecule is CN=C(NCc1ccc(CN2CCCC2)cc1)NCc1ccccc1F. The van der Waals surface area contributed by atoms with E-state index in [9.17, 15) is 4.39 Å². The van der Waals surface area contributed by atoms with E-state index in [0.717, 1.165) is 6.54 Å². The third-order valence-corrected chi connectivity index (χ3v) is 4.72. The molecule has 0 amide bonds. The van der Waals surface area contributed by atoms with Gasteiger partial charge in [0.15, 0.2) is 5.96 Å². The second-order valence-corrected chi connectivity index (χ2v) is 6.67. The van der Waals surface area contributed by atoms with Crippen LogP contribution in [0, 0.1) is 5.82 Å². The standard InChI is InChI=1S/C21H27FN4/c1-23-21(25-15-19-6-2-3-7-20(19)22)24-14-17-8-10-18(11-9-17)16-26-12-4-5-13-26/h2-3,6-11H,4-5,12-16H2,1H3,(H2,23,24,25). The lowest BCUT2D eigenvalue weighted by Crippen LogP contribution is -2.36. The molecule has 1 aliphatic heterocycles. The number of halogens is 1. The molecule has 0 spiro atoms. The summed E-state index contributed by atoms with van der Waals surface area (Å²) >= 11 is 0. The second-order valence-electron chi connectivity index (χ2n) is 6.67. The Morgan fingerprint density at radius 1 is 0.962 bits per heavy atom. The van der Waals surface area contributed by atoms with Gasteiger partial charge < -0.3 is 10.6 Å². The van der Waals surface area contributed by atoms with Gasteiger partial charge in [0.25, 0.3) is 0 Å². The van der Waals surface area contributed by atoms with E-state index in [1.165, 1.54) is 43.1 Å². The molecule has 0 unspecified atom stereocenters. The maximum atomic E-state index is 13.7. The minimum absolute atomic E-state index is 0.205. The van der Waals surface area contributed by atoms with Crippen LogP contribution in [0.4, 0.5) is 4.39 Å². The maximum absolute atomic E-state index is 13.7. The molecule has 0 radical (unpaired) electrons. The van der Waals surface area contributed by atoms with Gasteiger partial charge in [-0.05, 0) is 43.1 Å². The summed E-state index contributed by atoms with van der Waals surface area (Å²) in [7, 11) is 1.72. The Morgan fingerprint density at radius 2 is 1.62 bits per heavy atom. The molecule has 0 aromatic heterocycles. The molecule has 2 aromatic rings. The average Bonchev–Trinajstić information content (AvgIpc) is 3.17. The number of hydrogen-bond acceptors (Lipinski definition) is 2. The highest BCUT2D eigenvalue weighted by molar-refractivity contribution is 5.79. The molecule has 4 nitrogen and oxygen atoms in total. The van der Waals surface area contributed by atoms with Crippen molar-refractivity contribution >= 4 is 5.96 Å². The molecule has 0 bridgehead atoms. The summed E-state index contributed by atoms with van der Waals surface area (Å²) < 4.78 is 13.7. The zero-order chi connectivity index (χ0) is 18.2. The number of nitrogens with one attached hydrogen (secondary N) is 2. The van der Waals surface area contributed by atoms with E-state index in [1.54, 1.807) is 19.2 Å². The predicted molar refractivity (Wildman–Crippen MR) is 104 cm³/mol. The first-order valence-corrected chi connectivity index (χ1v) is 9.22. The van der Waals surface area contributed by atoms with Crippen molar-refractivity contribution in [3.8, 4) is 0 Å². The Hall–Kier alpha value is -2.40. The molecule has 2 N–H and O–H groups in total. The normalized spacial score (nSPS) is 15.2. The maximum Gasteiger partial charge on any atom is 0.191 e. The largest absolute Gasteiger partial charge is 0.352 e. The zero-order valence-electron chi connectivity index (χ0n) is 15.3. The van der Waals surface area contributed by atoms with Crippen molar-refractivity contribution < 1.29 is 4.39 Å². The van der Waals surface area contributed by atoms with Gasteiger partial charge in [0, 0.05) is 32.2 Å². The summed E-state index contributed by atoms with van der Waals surface area (Å²) in [5, 5.41) is 6.42. The molecule has 0 aliphatic carbocycles. The van der Waals surface area contributed by atoms with E-state index in [0.29, 0.717) is 24.6 Å². The summed E-state index contributed by atoms with van der Waals surface area (Å²) in [6, 6.07) is 15.5. The number of hydrogen-bond donors (Lipinski definition) is 2. The summed E-state index contributed by atoms with van der Waals surface area (Å²) in [5.41, 5.74) is 3.18. The molecule has 2 aromatic carbocycles. The van der Waals surface area contributed by atoms with Crippen LogP contribution in [-0.4, -0.2) is 31.0 Å². The number of rotatable bonds is 6. The van der Waals surface area contributed by atoms with Crippen LogP contribution in [0.1, 0.15) is 29.5 Å². The van der Waals surface area contributed by atoms with E-state index in [2.05, 4.69) is 44.8 Å². The minimum atomic E-state index is -0.205. The highest BCUT2D eigenvalue weighted by Gasteiger charge is 2.11. The van der Waals surface area contributed by atoms with Gasteiger partial charge in [0.1, 0.15) is 5.82 Å². The van der Waals surface area contributed by atoms with Crippen molar-refractivity contribution in [2.45, 2.75) is 32.5 Å². The molecule has 138 valence electrons. The van der Waals surface area contributed by atoms with Crippen molar-refractivity contribution in [1.82, 2.24) is 15.5 Å². The van der Waals surface area contributed by atoms with E-state index >= 15 is 0 Å². The third kappa shape index (κ3) is 5.30. The monoisotopic (exact) mass is 354 g/mol. The van der Waals surface area contributed by atoms with Gasteiger partial charge in [-0.1, -0.05) is 42.5 Å². The third-order valence-electron chi connectivity index (χ3n) is 4.72. The summed E-state index contributed by atoms with van der Waals surface area (Å²) in [6.07, 6.45) is 2.64. The van der Waals surface area contributed by atoms with Crippen LogP contribution in [0.25, 0.3) is 0 Å². The molecular weight excluding hydrogens is 327 g/mol. The van der Waals surface area contributed by atoms with Crippen molar-refractivity contribution in [3.05, 3.63) is 71.0 Å². The Labute approximate surface area is 155 Å². The van der Waals surface area contributed by atoms with Gasteiger partial charge >= 0.3 is 0 Å². The topological polar surface area (TPSA) is 39.7 Å². The quantitative estimate of drug-likeness (QED) is 0.618. The van der Waals surface area contributed by atoms with Crippen molar-refractivity contribution in [3.63, 3.8) is 0 Å².